The quantitative estimate of drug-likeness (QED) is 0.391. The summed E-state index contributed by atoms with van der Waals surface area (Å²) in [5, 5.41) is 14.7. The summed E-state index contributed by atoms with van der Waals surface area (Å²) in [7, 11) is 1.81. The molecule has 1 atom stereocenters. The van der Waals surface area contributed by atoms with Crippen LogP contribution in [0.5, 0.6) is 0 Å². The molecule has 0 radical (unpaired) electrons. The molecule has 2 heterocycles. The Morgan fingerprint density at radius 2 is 1.97 bits per heavy atom. The zero-order chi connectivity index (χ0) is 22.5. The Balaban J connectivity index is 1.51. The lowest BCUT2D eigenvalue weighted by molar-refractivity contribution is -0.123. The second kappa shape index (κ2) is 9.96. The highest BCUT2D eigenvalue weighted by Gasteiger charge is 2.20. The highest BCUT2D eigenvalue weighted by molar-refractivity contribution is 8.00. The topological polar surface area (TPSA) is 88.9 Å². The van der Waals surface area contributed by atoms with Crippen molar-refractivity contribution in [3.05, 3.63) is 57.8 Å². The Labute approximate surface area is 184 Å². The van der Waals surface area contributed by atoms with Crippen molar-refractivity contribution < 1.29 is 22.8 Å². The third-order valence-corrected chi connectivity index (χ3v) is 6.23. The first-order valence-electron chi connectivity index (χ1n) is 9.04. The molecule has 3 rings (SSSR count). The third-order valence-electron chi connectivity index (χ3n) is 4.22. The van der Waals surface area contributed by atoms with Crippen molar-refractivity contribution in [2.24, 2.45) is 7.05 Å². The summed E-state index contributed by atoms with van der Waals surface area (Å²) >= 11 is 2.78. The fourth-order valence-electron chi connectivity index (χ4n) is 2.51. The van der Waals surface area contributed by atoms with Gasteiger partial charge in [0.15, 0.2) is 22.6 Å². The fourth-order valence-corrected chi connectivity index (χ4v) is 4.07. The van der Waals surface area contributed by atoms with E-state index in [-0.39, 0.29) is 0 Å². The molecule has 7 nitrogen and oxygen atoms in total. The van der Waals surface area contributed by atoms with Gasteiger partial charge in [-0.15, -0.1) is 21.5 Å². The molecule has 0 fully saturated rings. The van der Waals surface area contributed by atoms with Gasteiger partial charge < -0.3 is 15.2 Å². The maximum absolute atomic E-state index is 13.6. The molecule has 164 valence electrons. The first kappa shape index (κ1) is 22.8. The van der Waals surface area contributed by atoms with Gasteiger partial charge in [-0.1, -0.05) is 17.8 Å². The molecule has 0 aliphatic heterocycles. The van der Waals surface area contributed by atoms with E-state index in [0.29, 0.717) is 17.6 Å². The largest absolute Gasteiger partial charge is 0.346 e. The number of amides is 2. The van der Waals surface area contributed by atoms with Crippen molar-refractivity contribution >= 4 is 40.6 Å². The third kappa shape index (κ3) is 5.64. The first-order chi connectivity index (χ1) is 14.8. The number of aromatic nitrogens is 3. The molecule has 0 saturated carbocycles. The molecule has 0 bridgehead atoms. The van der Waals surface area contributed by atoms with Crippen LogP contribution >= 0.6 is 23.1 Å². The molecular weight excluding hydrogens is 451 g/mol. The molecule has 0 spiro atoms. The average molecular weight is 470 g/mol. The van der Waals surface area contributed by atoms with E-state index in [1.165, 1.54) is 11.8 Å². The van der Waals surface area contributed by atoms with Crippen LogP contribution in [0, 0.1) is 17.5 Å². The maximum atomic E-state index is 13.6. The summed E-state index contributed by atoms with van der Waals surface area (Å²) in [6, 6.07) is 5.54. The Morgan fingerprint density at radius 1 is 1.19 bits per heavy atom. The summed E-state index contributed by atoms with van der Waals surface area (Å²) in [5.41, 5.74) is -0.516. The van der Waals surface area contributed by atoms with Gasteiger partial charge in [-0.3, -0.25) is 9.59 Å². The van der Waals surface area contributed by atoms with Crippen LogP contribution in [0.1, 0.15) is 17.6 Å². The summed E-state index contributed by atoms with van der Waals surface area (Å²) in [4.78, 5) is 25.3. The minimum absolute atomic E-state index is 0.450. The zero-order valence-corrected chi connectivity index (χ0v) is 18.1. The molecule has 12 heteroatoms. The Morgan fingerprint density at radius 3 is 2.68 bits per heavy atom. The van der Waals surface area contributed by atoms with E-state index < -0.39 is 46.7 Å². The number of thioether (sulfide) groups is 1. The van der Waals surface area contributed by atoms with Gasteiger partial charge in [0.2, 0.25) is 11.8 Å². The number of rotatable bonds is 8. The van der Waals surface area contributed by atoms with Gasteiger partial charge in [0, 0.05) is 18.3 Å². The van der Waals surface area contributed by atoms with Crippen LogP contribution in [0.3, 0.4) is 0 Å². The number of nitrogens with one attached hydrogen (secondary N) is 2. The van der Waals surface area contributed by atoms with E-state index in [1.54, 1.807) is 29.9 Å². The highest BCUT2D eigenvalue weighted by Crippen LogP contribution is 2.23. The normalized spacial score (nSPS) is 11.9. The summed E-state index contributed by atoms with van der Waals surface area (Å²) in [5.74, 6) is -5.04. The van der Waals surface area contributed by atoms with E-state index in [2.05, 4.69) is 20.8 Å². The highest BCUT2D eigenvalue weighted by atomic mass is 32.2. The monoisotopic (exact) mass is 469 g/mol. The van der Waals surface area contributed by atoms with Crippen LogP contribution in [0.15, 0.2) is 34.8 Å². The molecule has 2 aromatic heterocycles. The van der Waals surface area contributed by atoms with Gasteiger partial charge in [0.25, 0.3) is 0 Å². The fraction of sp³-hybridized carbons (Fsp3) is 0.263. The Bertz CT molecular complexity index is 1090. The molecule has 2 amide bonds. The van der Waals surface area contributed by atoms with Crippen LogP contribution in [-0.2, 0) is 23.1 Å². The SMILES string of the molecule is C[C@@H](Sc1nnc(Cc2cccs2)n1C)C(=O)NCC(=O)Nc1ccc(F)c(F)c1F. The summed E-state index contributed by atoms with van der Waals surface area (Å²) < 4.78 is 41.6. The van der Waals surface area contributed by atoms with Crippen LogP contribution in [-0.4, -0.2) is 38.4 Å². The number of thiophene rings is 1. The predicted molar refractivity (Wildman–Crippen MR) is 111 cm³/mol. The average Bonchev–Trinajstić information content (AvgIpc) is 3.38. The van der Waals surface area contributed by atoms with E-state index in [4.69, 9.17) is 0 Å². The number of benzene rings is 1. The van der Waals surface area contributed by atoms with Crippen LogP contribution in [0.4, 0.5) is 18.9 Å². The van der Waals surface area contributed by atoms with Gasteiger partial charge in [-0.05, 0) is 30.5 Å². The smallest absolute Gasteiger partial charge is 0.243 e. The van der Waals surface area contributed by atoms with E-state index in [9.17, 15) is 22.8 Å². The van der Waals surface area contributed by atoms with Crippen LogP contribution < -0.4 is 10.6 Å². The number of carbonyl (C=O) groups excluding carboxylic acids is 2. The first-order valence-corrected chi connectivity index (χ1v) is 10.8. The van der Waals surface area contributed by atoms with Crippen molar-refractivity contribution in [1.29, 1.82) is 0 Å². The minimum atomic E-state index is -1.69. The molecule has 31 heavy (non-hydrogen) atoms. The molecule has 1 aromatic carbocycles. The van der Waals surface area contributed by atoms with Gasteiger partial charge in [-0.25, -0.2) is 13.2 Å². The Hall–Kier alpha value is -2.86. The molecule has 0 unspecified atom stereocenters. The van der Waals surface area contributed by atoms with Crippen LogP contribution in [0.25, 0.3) is 0 Å². The number of hydrogen-bond acceptors (Lipinski definition) is 6. The second-order valence-electron chi connectivity index (χ2n) is 6.46. The maximum Gasteiger partial charge on any atom is 0.243 e. The zero-order valence-electron chi connectivity index (χ0n) is 16.5. The van der Waals surface area contributed by atoms with Crippen LogP contribution in [0.2, 0.25) is 0 Å². The molecule has 0 saturated heterocycles. The lowest BCUT2D eigenvalue weighted by atomic mass is 10.2. The molecule has 2 N–H and O–H groups in total. The van der Waals surface area contributed by atoms with Gasteiger partial charge >= 0.3 is 0 Å². The summed E-state index contributed by atoms with van der Waals surface area (Å²) in [6.45, 7) is 1.17. The molecule has 0 aliphatic carbocycles. The lowest BCUT2D eigenvalue weighted by Gasteiger charge is -2.12. The van der Waals surface area contributed by atoms with E-state index in [0.717, 1.165) is 16.8 Å². The lowest BCUT2D eigenvalue weighted by Crippen LogP contribution is -2.37. The molecule has 0 aliphatic rings. The number of anilines is 1. The molecular formula is C19H18F3N5O2S2. The standard InChI is InChI=1S/C19H18F3N5O2S2/c1-10(31-19-26-25-14(27(19)2)8-11-4-3-7-30-11)18(29)23-9-15(28)24-13-6-5-12(20)16(21)17(13)22/h3-7,10H,8-9H2,1-2H3,(H,23,29)(H,24,28)/t10-/m1/s1. The van der Waals surface area contributed by atoms with E-state index in [1.807, 2.05) is 17.5 Å². The van der Waals surface area contributed by atoms with Gasteiger partial charge in [0.05, 0.1) is 17.5 Å². The summed E-state index contributed by atoms with van der Waals surface area (Å²) in [6.07, 6.45) is 0.628. The minimum Gasteiger partial charge on any atom is -0.346 e. The van der Waals surface area contributed by atoms with E-state index >= 15 is 0 Å². The van der Waals surface area contributed by atoms with Crippen molar-refractivity contribution in [1.82, 2.24) is 20.1 Å². The van der Waals surface area contributed by atoms with Gasteiger partial charge in [0.1, 0.15) is 5.82 Å². The number of halogens is 3. The van der Waals surface area contributed by atoms with Crippen molar-refractivity contribution in [3.63, 3.8) is 0 Å². The number of carbonyl (C=O) groups is 2. The number of nitrogens with zero attached hydrogens (tertiary/aromatic N) is 3. The van der Waals surface area contributed by atoms with Crippen molar-refractivity contribution in [2.45, 2.75) is 23.8 Å². The van der Waals surface area contributed by atoms with Crippen molar-refractivity contribution in [3.8, 4) is 0 Å². The van der Waals surface area contributed by atoms with Crippen molar-refractivity contribution in [2.75, 3.05) is 11.9 Å². The molecule has 3 aromatic rings. The Kier molecular flexibility index (Phi) is 7.33. The van der Waals surface area contributed by atoms with Gasteiger partial charge in [-0.2, -0.15) is 0 Å². The predicted octanol–water partition coefficient (Wildman–Crippen LogP) is 3.12. The second-order valence-corrected chi connectivity index (χ2v) is 8.80. The number of hydrogen-bond donors (Lipinski definition) is 2.